The highest BCUT2D eigenvalue weighted by molar-refractivity contribution is 7.99. The maximum absolute atomic E-state index is 13.7. The molecule has 0 unspecified atom stereocenters. The molecule has 4 nitrogen and oxygen atoms in total. The van der Waals surface area contributed by atoms with Crippen molar-refractivity contribution in [1.29, 1.82) is 0 Å². The Labute approximate surface area is 221 Å². The number of H-pyrrole nitrogens is 1. The third-order valence-electron chi connectivity index (χ3n) is 6.72. The highest BCUT2D eigenvalue weighted by atomic mass is 32.2. The van der Waals surface area contributed by atoms with Crippen molar-refractivity contribution in [3.8, 4) is 22.5 Å². The normalized spacial score (nSPS) is 12.5. The summed E-state index contributed by atoms with van der Waals surface area (Å²) in [6, 6.07) is 37.0. The van der Waals surface area contributed by atoms with Crippen LogP contribution in [0, 0.1) is 0 Å². The van der Waals surface area contributed by atoms with E-state index < -0.39 is 0 Å². The molecule has 0 aliphatic carbocycles. The van der Waals surface area contributed by atoms with Gasteiger partial charge >= 0.3 is 0 Å². The van der Waals surface area contributed by atoms with Crippen LogP contribution >= 0.6 is 11.8 Å². The summed E-state index contributed by atoms with van der Waals surface area (Å²) in [5.74, 6) is 0.739. The molecule has 37 heavy (non-hydrogen) atoms. The molecular formula is C32H27N3OS. The number of anilines is 2. The van der Waals surface area contributed by atoms with Crippen molar-refractivity contribution in [2.45, 2.75) is 24.4 Å². The average molecular weight is 502 g/mol. The van der Waals surface area contributed by atoms with Crippen molar-refractivity contribution in [2.75, 3.05) is 10.7 Å². The van der Waals surface area contributed by atoms with Crippen LogP contribution in [0.4, 0.5) is 11.4 Å². The number of fused-ring (bicyclic) bond motifs is 2. The van der Waals surface area contributed by atoms with Gasteiger partial charge in [0, 0.05) is 23.3 Å². The molecule has 0 saturated heterocycles. The van der Waals surface area contributed by atoms with E-state index in [0.29, 0.717) is 12.2 Å². The highest BCUT2D eigenvalue weighted by Crippen LogP contribution is 2.37. The summed E-state index contributed by atoms with van der Waals surface area (Å²) in [5.41, 5.74) is 8.51. The second kappa shape index (κ2) is 10.5. The number of thioether (sulfide) groups is 1. The zero-order chi connectivity index (χ0) is 25.0. The van der Waals surface area contributed by atoms with Gasteiger partial charge in [-0.1, -0.05) is 109 Å². The molecule has 2 heterocycles. The summed E-state index contributed by atoms with van der Waals surface area (Å²) in [5, 5.41) is 0.821. The highest BCUT2D eigenvalue weighted by Gasteiger charge is 2.25. The Bertz CT molecular complexity index is 1420. The Morgan fingerprint density at radius 2 is 1.27 bits per heavy atom. The Morgan fingerprint density at radius 1 is 0.730 bits per heavy atom. The number of aromatic amines is 1. The minimum Gasteiger partial charge on any atom is -0.332 e. The first-order valence-electron chi connectivity index (χ1n) is 12.6. The molecule has 0 atom stereocenters. The molecular weight excluding hydrogens is 474 g/mol. The fourth-order valence-electron chi connectivity index (χ4n) is 4.93. The summed E-state index contributed by atoms with van der Waals surface area (Å²) in [6.45, 7) is 0. The summed E-state index contributed by atoms with van der Waals surface area (Å²) >= 11 is 1.59. The lowest BCUT2D eigenvalue weighted by molar-refractivity contribution is -0.117. The number of carbonyl (C=O) groups excluding carboxylic acids is 1. The molecule has 0 radical (unpaired) electrons. The molecule has 5 heteroatoms. The summed E-state index contributed by atoms with van der Waals surface area (Å²) in [6.07, 6.45) is 2.28. The molecule has 0 bridgehead atoms. The lowest BCUT2D eigenvalue weighted by Crippen LogP contribution is -2.27. The lowest BCUT2D eigenvalue weighted by atomic mass is 10.0. The largest absolute Gasteiger partial charge is 0.332 e. The number of aryl methyl sites for hydroxylation is 2. The number of amides is 1. The van der Waals surface area contributed by atoms with Crippen LogP contribution in [-0.4, -0.2) is 21.6 Å². The molecule has 4 aromatic carbocycles. The molecule has 1 aliphatic heterocycles. The predicted molar refractivity (Wildman–Crippen MR) is 152 cm³/mol. The van der Waals surface area contributed by atoms with E-state index in [4.69, 9.17) is 4.98 Å². The predicted octanol–water partition coefficient (Wildman–Crippen LogP) is 7.69. The third-order valence-corrected chi connectivity index (χ3v) is 7.60. The van der Waals surface area contributed by atoms with Crippen LogP contribution in [0.1, 0.15) is 17.5 Å². The van der Waals surface area contributed by atoms with Crippen LogP contribution in [0.5, 0.6) is 0 Å². The Kier molecular flexibility index (Phi) is 6.61. The third kappa shape index (κ3) is 4.83. The van der Waals surface area contributed by atoms with E-state index in [1.807, 2.05) is 53.4 Å². The summed E-state index contributed by atoms with van der Waals surface area (Å²) < 4.78 is 0. The number of carbonyl (C=O) groups is 1. The lowest BCUT2D eigenvalue weighted by Gasteiger charge is -2.25. The quantitative estimate of drug-likeness (QED) is 0.243. The molecule has 0 spiro atoms. The van der Waals surface area contributed by atoms with Crippen LogP contribution in [0.15, 0.2) is 114 Å². The topological polar surface area (TPSA) is 49.0 Å². The van der Waals surface area contributed by atoms with E-state index in [2.05, 4.69) is 65.6 Å². The van der Waals surface area contributed by atoms with E-state index in [1.165, 1.54) is 11.1 Å². The van der Waals surface area contributed by atoms with Crippen molar-refractivity contribution in [1.82, 2.24) is 9.97 Å². The van der Waals surface area contributed by atoms with E-state index >= 15 is 0 Å². The Hall–Kier alpha value is -4.09. The number of hydrogen-bond donors (Lipinski definition) is 1. The SMILES string of the molecule is O=C(CCSc1nc(-c2ccccc2)c(-c2ccccc2)[nH]1)N1c2ccccc2CCc2ccccc21. The maximum Gasteiger partial charge on any atom is 0.232 e. The van der Waals surface area contributed by atoms with Crippen LogP contribution in [0.2, 0.25) is 0 Å². The van der Waals surface area contributed by atoms with Gasteiger partial charge in [0.15, 0.2) is 5.16 Å². The van der Waals surface area contributed by atoms with Gasteiger partial charge in [0.1, 0.15) is 0 Å². The van der Waals surface area contributed by atoms with Crippen molar-refractivity contribution >= 4 is 29.0 Å². The second-order valence-corrected chi connectivity index (χ2v) is 10.2. The number of imidazole rings is 1. The van der Waals surface area contributed by atoms with Crippen molar-refractivity contribution in [3.63, 3.8) is 0 Å². The number of para-hydroxylation sites is 2. The number of rotatable bonds is 6. The van der Waals surface area contributed by atoms with Gasteiger partial charge in [-0.15, -0.1) is 0 Å². The van der Waals surface area contributed by atoms with Crippen LogP contribution in [0.3, 0.4) is 0 Å². The average Bonchev–Trinajstić information content (AvgIpc) is 3.30. The van der Waals surface area contributed by atoms with Gasteiger partial charge < -0.3 is 4.98 Å². The van der Waals surface area contributed by atoms with E-state index in [9.17, 15) is 4.79 Å². The monoisotopic (exact) mass is 501 g/mol. The Morgan fingerprint density at radius 3 is 1.89 bits per heavy atom. The minimum atomic E-state index is 0.104. The molecule has 1 amide bonds. The van der Waals surface area contributed by atoms with Gasteiger partial charge in [-0.05, 0) is 36.1 Å². The van der Waals surface area contributed by atoms with E-state index in [1.54, 1.807) is 11.8 Å². The molecule has 1 aromatic heterocycles. The van der Waals surface area contributed by atoms with Gasteiger partial charge in [-0.3, -0.25) is 9.69 Å². The maximum atomic E-state index is 13.7. The number of nitrogens with zero attached hydrogens (tertiary/aromatic N) is 2. The molecule has 1 N–H and O–H groups in total. The minimum absolute atomic E-state index is 0.104. The van der Waals surface area contributed by atoms with Gasteiger partial charge in [-0.2, -0.15) is 0 Å². The molecule has 1 aliphatic rings. The number of nitrogens with one attached hydrogen (secondary N) is 1. The van der Waals surface area contributed by atoms with Gasteiger partial charge in [0.25, 0.3) is 0 Å². The Balaban J connectivity index is 1.24. The van der Waals surface area contributed by atoms with Gasteiger partial charge in [-0.25, -0.2) is 4.98 Å². The molecule has 6 rings (SSSR count). The summed E-state index contributed by atoms with van der Waals surface area (Å²) in [7, 11) is 0. The summed E-state index contributed by atoms with van der Waals surface area (Å²) in [4.78, 5) is 24.0. The van der Waals surface area contributed by atoms with Crippen LogP contribution in [0.25, 0.3) is 22.5 Å². The zero-order valence-electron chi connectivity index (χ0n) is 20.4. The number of benzene rings is 4. The first-order chi connectivity index (χ1) is 18.3. The van der Waals surface area contributed by atoms with Crippen molar-refractivity contribution in [3.05, 3.63) is 120 Å². The first kappa shape index (κ1) is 23.3. The molecule has 0 fully saturated rings. The van der Waals surface area contributed by atoms with E-state index in [0.717, 1.165) is 51.9 Å². The smallest absolute Gasteiger partial charge is 0.232 e. The molecule has 5 aromatic rings. The van der Waals surface area contributed by atoms with Gasteiger partial charge in [0.05, 0.1) is 22.8 Å². The second-order valence-electron chi connectivity index (χ2n) is 9.08. The fourth-order valence-corrected chi connectivity index (χ4v) is 5.73. The number of hydrogen-bond acceptors (Lipinski definition) is 3. The zero-order valence-corrected chi connectivity index (χ0v) is 21.2. The number of aromatic nitrogens is 2. The standard InChI is InChI=1S/C32H27N3OS/c36-29(35-27-17-9-7-11-23(27)19-20-24-12-8-10-18-28(24)35)21-22-37-32-33-30(25-13-3-1-4-14-25)31(34-32)26-15-5-2-6-16-26/h1-18H,19-22H2,(H,33,34). The first-order valence-corrected chi connectivity index (χ1v) is 13.6. The molecule has 0 saturated carbocycles. The van der Waals surface area contributed by atoms with Crippen molar-refractivity contribution < 1.29 is 4.79 Å². The van der Waals surface area contributed by atoms with Gasteiger partial charge in [0.2, 0.25) is 5.91 Å². The van der Waals surface area contributed by atoms with Crippen molar-refractivity contribution in [2.24, 2.45) is 0 Å². The van der Waals surface area contributed by atoms with Crippen LogP contribution in [-0.2, 0) is 17.6 Å². The molecule has 182 valence electrons. The van der Waals surface area contributed by atoms with Crippen LogP contribution < -0.4 is 4.90 Å². The van der Waals surface area contributed by atoms with E-state index in [-0.39, 0.29) is 5.91 Å². The fraction of sp³-hybridized carbons (Fsp3) is 0.125.